The zero-order valence-electron chi connectivity index (χ0n) is 14.5. The highest BCUT2D eigenvalue weighted by Crippen LogP contribution is 2.31. The summed E-state index contributed by atoms with van der Waals surface area (Å²) < 4.78 is 1.56. The third-order valence-electron chi connectivity index (χ3n) is 5.04. The summed E-state index contributed by atoms with van der Waals surface area (Å²) >= 11 is 0. The first kappa shape index (κ1) is 17.6. The van der Waals surface area contributed by atoms with Gasteiger partial charge in [-0.25, -0.2) is 4.98 Å². The smallest absolute Gasteiger partial charge is 0.261 e. The van der Waals surface area contributed by atoms with Gasteiger partial charge in [0, 0.05) is 19.0 Å². The Morgan fingerprint density at radius 1 is 1.40 bits per heavy atom. The number of aryl methyl sites for hydroxylation is 1. The molecule has 1 heterocycles. The van der Waals surface area contributed by atoms with E-state index in [1.165, 1.54) is 0 Å². The quantitative estimate of drug-likeness (QED) is 0.803. The van der Waals surface area contributed by atoms with Crippen molar-refractivity contribution in [3.63, 3.8) is 0 Å². The van der Waals surface area contributed by atoms with Crippen molar-refractivity contribution >= 4 is 16.8 Å². The highest BCUT2D eigenvalue weighted by molar-refractivity contribution is 5.77. The summed E-state index contributed by atoms with van der Waals surface area (Å²) in [4.78, 5) is 28.8. The Morgan fingerprint density at radius 3 is 2.88 bits per heavy atom. The van der Waals surface area contributed by atoms with Crippen molar-refractivity contribution in [2.75, 3.05) is 0 Å². The average Bonchev–Trinajstić information content (AvgIpc) is 2.59. The number of aromatic nitrogens is 2. The van der Waals surface area contributed by atoms with E-state index >= 15 is 0 Å². The topological polar surface area (TPSA) is 84.2 Å². The molecule has 1 unspecified atom stereocenters. The second-order valence-corrected chi connectivity index (χ2v) is 6.83. The first-order valence-electron chi connectivity index (χ1n) is 9.00. The Balaban J connectivity index is 1.51. The van der Waals surface area contributed by atoms with Gasteiger partial charge >= 0.3 is 0 Å². The molecule has 0 spiro atoms. The SMILES string of the molecule is CCC(NC(=O)CCCn1cnc2ccccc2c1=O)C1CC(O)C1. The Labute approximate surface area is 146 Å². The lowest BCUT2D eigenvalue weighted by atomic mass is 9.76. The van der Waals surface area contributed by atoms with Crippen LogP contribution >= 0.6 is 0 Å². The number of rotatable bonds is 7. The molecule has 2 aromatic rings. The van der Waals surface area contributed by atoms with E-state index in [1.807, 2.05) is 18.2 Å². The molecular weight excluding hydrogens is 318 g/mol. The molecule has 0 aliphatic heterocycles. The van der Waals surface area contributed by atoms with E-state index in [4.69, 9.17) is 0 Å². The molecule has 2 N–H and O–H groups in total. The van der Waals surface area contributed by atoms with Gasteiger partial charge in [-0.2, -0.15) is 0 Å². The number of carbonyl (C=O) groups excluding carboxylic acids is 1. The van der Waals surface area contributed by atoms with Gasteiger partial charge in [0.15, 0.2) is 0 Å². The molecule has 0 radical (unpaired) electrons. The lowest BCUT2D eigenvalue weighted by Crippen LogP contribution is -2.46. The minimum atomic E-state index is -0.205. The fourth-order valence-electron chi connectivity index (χ4n) is 3.47. The monoisotopic (exact) mass is 343 g/mol. The molecule has 1 aliphatic carbocycles. The van der Waals surface area contributed by atoms with Crippen molar-refractivity contribution in [3.05, 3.63) is 40.9 Å². The Morgan fingerprint density at radius 2 is 2.16 bits per heavy atom. The number of nitrogens with zero attached hydrogens (tertiary/aromatic N) is 2. The molecule has 134 valence electrons. The summed E-state index contributed by atoms with van der Waals surface area (Å²) in [6.45, 7) is 2.53. The Kier molecular flexibility index (Phi) is 5.48. The molecule has 1 aromatic carbocycles. The molecule has 3 rings (SSSR count). The number of hydrogen-bond donors (Lipinski definition) is 2. The standard InChI is InChI=1S/C19H25N3O3/c1-2-16(13-10-14(23)11-13)21-18(24)8-5-9-22-12-20-17-7-4-3-6-15(17)19(22)25/h3-4,6-7,12-14,16,23H,2,5,8-11H2,1H3,(H,21,24). The molecule has 1 amide bonds. The van der Waals surface area contributed by atoms with Gasteiger partial charge in [-0.05, 0) is 43.7 Å². The number of aliphatic hydroxyl groups excluding tert-OH is 1. The van der Waals surface area contributed by atoms with Crippen molar-refractivity contribution in [2.24, 2.45) is 5.92 Å². The maximum absolute atomic E-state index is 12.4. The van der Waals surface area contributed by atoms with Crippen LogP contribution < -0.4 is 10.9 Å². The molecule has 1 fully saturated rings. The van der Waals surface area contributed by atoms with Crippen molar-refractivity contribution in [1.29, 1.82) is 0 Å². The summed E-state index contributed by atoms with van der Waals surface area (Å²) in [5, 5.41) is 13.1. The highest BCUT2D eigenvalue weighted by atomic mass is 16.3. The van der Waals surface area contributed by atoms with Crippen molar-refractivity contribution in [3.8, 4) is 0 Å². The van der Waals surface area contributed by atoms with E-state index in [2.05, 4.69) is 17.2 Å². The van der Waals surface area contributed by atoms with Crippen molar-refractivity contribution < 1.29 is 9.90 Å². The van der Waals surface area contributed by atoms with Gasteiger partial charge in [-0.15, -0.1) is 0 Å². The predicted molar refractivity (Wildman–Crippen MR) is 96.2 cm³/mol. The van der Waals surface area contributed by atoms with E-state index in [-0.39, 0.29) is 23.6 Å². The molecule has 1 aliphatic rings. The molecule has 6 heteroatoms. The van der Waals surface area contributed by atoms with E-state index in [0.29, 0.717) is 36.2 Å². The number of para-hydroxylation sites is 1. The molecule has 25 heavy (non-hydrogen) atoms. The van der Waals surface area contributed by atoms with Crippen molar-refractivity contribution in [1.82, 2.24) is 14.9 Å². The van der Waals surface area contributed by atoms with Crippen LogP contribution in [0.25, 0.3) is 10.9 Å². The normalized spacial score (nSPS) is 20.9. The first-order valence-corrected chi connectivity index (χ1v) is 9.00. The molecule has 1 aromatic heterocycles. The lowest BCUT2D eigenvalue weighted by molar-refractivity contribution is -0.123. The van der Waals surface area contributed by atoms with Gasteiger partial charge < -0.3 is 10.4 Å². The zero-order chi connectivity index (χ0) is 17.8. The van der Waals surface area contributed by atoms with Crippen LogP contribution in [0, 0.1) is 5.92 Å². The average molecular weight is 343 g/mol. The van der Waals surface area contributed by atoms with Crippen LogP contribution in [0.4, 0.5) is 0 Å². The number of nitrogens with one attached hydrogen (secondary N) is 1. The van der Waals surface area contributed by atoms with Crippen LogP contribution in [-0.2, 0) is 11.3 Å². The minimum absolute atomic E-state index is 0.00929. The summed E-state index contributed by atoms with van der Waals surface area (Å²) in [5.41, 5.74) is 0.621. The van der Waals surface area contributed by atoms with Gasteiger partial charge in [0.25, 0.3) is 5.56 Å². The van der Waals surface area contributed by atoms with E-state index in [1.54, 1.807) is 17.0 Å². The first-order chi connectivity index (χ1) is 12.1. The maximum Gasteiger partial charge on any atom is 0.261 e. The molecule has 1 atom stereocenters. The molecule has 0 saturated heterocycles. The van der Waals surface area contributed by atoms with Gasteiger partial charge in [-0.3, -0.25) is 14.2 Å². The summed E-state index contributed by atoms with van der Waals surface area (Å²) in [6.07, 6.45) is 4.74. The second-order valence-electron chi connectivity index (χ2n) is 6.83. The molecule has 6 nitrogen and oxygen atoms in total. The number of aliphatic hydroxyl groups is 1. The zero-order valence-corrected chi connectivity index (χ0v) is 14.5. The fraction of sp³-hybridized carbons (Fsp3) is 0.526. The van der Waals surface area contributed by atoms with Crippen LogP contribution in [0.15, 0.2) is 35.4 Å². The fourth-order valence-corrected chi connectivity index (χ4v) is 3.47. The minimum Gasteiger partial charge on any atom is -0.393 e. The Hall–Kier alpha value is -2.21. The third-order valence-corrected chi connectivity index (χ3v) is 5.04. The molecular formula is C19H25N3O3. The van der Waals surface area contributed by atoms with Crippen molar-refractivity contribution in [2.45, 2.75) is 57.7 Å². The molecule has 0 bridgehead atoms. The maximum atomic E-state index is 12.4. The number of benzene rings is 1. The predicted octanol–water partition coefficient (Wildman–Crippen LogP) is 1.84. The van der Waals surface area contributed by atoms with Gasteiger partial charge in [0.1, 0.15) is 0 Å². The van der Waals surface area contributed by atoms with Gasteiger partial charge in [0.05, 0.1) is 23.3 Å². The number of amides is 1. The number of hydrogen-bond acceptors (Lipinski definition) is 4. The lowest BCUT2D eigenvalue weighted by Gasteiger charge is -2.37. The highest BCUT2D eigenvalue weighted by Gasteiger charge is 2.33. The van der Waals surface area contributed by atoms with Crippen LogP contribution in [0.2, 0.25) is 0 Å². The summed E-state index contributed by atoms with van der Waals surface area (Å²) in [6, 6.07) is 7.41. The largest absolute Gasteiger partial charge is 0.393 e. The molecule has 1 saturated carbocycles. The van der Waals surface area contributed by atoms with Crippen LogP contribution in [0.3, 0.4) is 0 Å². The number of fused-ring (bicyclic) bond motifs is 1. The number of carbonyl (C=O) groups is 1. The van der Waals surface area contributed by atoms with Gasteiger partial charge in [-0.1, -0.05) is 19.1 Å². The summed E-state index contributed by atoms with van der Waals surface area (Å²) in [5.74, 6) is 0.395. The summed E-state index contributed by atoms with van der Waals surface area (Å²) in [7, 11) is 0. The second kappa shape index (κ2) is 7.78. The Bertz CT molecular complexity index is 796. The third kappa shape index (κ3) is 4.07. The van der Waals surface area contributed by atoms with Crippen LogP contribution in [0.5, 0.6) is 0 Å². The van der Waals surface area contributed by atoms with E-state index in [0.717, 1.165) is 19.3 Å². The van der Waals surface area contributed by atoms with Crippen LogP contribution in [0.1, 0.15) is 39.0 Å². The van der Waals surface area contributed by atoms with E-state index < -0.39 is 0 Å². The van der Waals surface area contributed by atoms with E-state index in [9.17, 15) is 14.7 Å². The van der Waals surface area contributed by atoms with Crippen LogP contribution in [-0.4, -0.2) is 32.7 Å². The van der Waals surface area contributed by atoms with Gasteiger partial charge in [0.2, 0.25) is 5.91 Å².